The molecule has 8 nitrogen and oxygen atoms in total. The van der Waals surface area contributed by atoms with E-state index >= 15 is 0 Å². The Bertz CT molecular complexity index is 400. The Morgan fingerprint density at radius 1 is 1.75 bits per heavy atom. The average Bonchev–Trinajstić information content (AvgIpc) is 2.57. The number of carbonyl (C=O) groups excluding carboxylic acids is 1. The molecule has 1 aromatic heterocycles. The first-order valence-corrected chi connectivity index (χ1v) is 4.70. The maximum absolute atomic E-state index is 11.3. The van der Waals surface area contributed by atoms with Gasteiger partial charge >= 0.3 is 5.82 Å². The molecule has 0 fully saturated rings. The Labute approximate surface area is 91.6 Å². The zero-order valence-electron chi connectivity index (χ0n) is 8.84. The Balaban J connectivity index is 2.66. The molecular weight excluding hydrogens is 214 g/mol. The van der Waals surface area contributed by atoms with E-state index in [0.717, 1.165) is 0 Å². The van der Waals surface area contributed by atoms with Crippen molar-refractivity contribution in [3.8, 4) is 0 Å². The zero-order valence-corrected chi connectivity index (χ0v) is 8.84. The summed E-state index contributed by atoms with van der Waals surface area (Å²) in [5.74, 6) is -0.532. The lowest BCUT2D eigenvalue weighted by Gasteiger charge is -2.01. The molecule has 0 spiro atoms. The summed E-state index contributed by atoms with van der Waals surface area (Å²) in [4.78, 5) is 21.1. The third kappa shape index (κ3) is 3.02. The summed E-state index contributed by atoms with van der Waals surface area (Å²) < 4.78 is 1.28. The molecule has 1 heterocycles. The lowest BCUT2D eigenvalue weighted by atomic mass is 10.4. The van der Waals surface area contributed by atoms with E-state index in [1.807, 2.05) is 0 Å². The minimum atomic E-state index is -0.596. The quantitative estimate of drug-likeness (QED) is 0.503. The number of rotatable bonds is 5. The predicted octanol–water partition coefficient (Wildman–Crippen LogP) is -0.825. The summed E-state index contributed by atoms with van der Waals surface area (Å²) in [6.07, 6.45) is 0. The SMILES string of the molecule is Cc1cc([N+](=O)[O-])nn1CC(=O)NCCN. The first kappa shape index (κ1) is 12.1. The van der Waals surface area contributed by atoms with Crippen LogP contribution in [-0.4, -0.2) is 33.7 Å². The molecule has 16 heavy (non-hydrogen) atoms. The van der Waals surface area contributed by atoms with Gasteiger partial charge in [0.15, 0.2) is 0 Å². The number of amides is 1. The highest BCUT2D eigenvalue weighted by atomic mass is 16.6. The standard InChI is InChI=1S/C8H13N5O3/c1-6-4-7(13(15)16)11-12(6)5-8(14)10-3-2-9/h4H,2-3,5,9H2,1H3,(H,10,14). The van der Waals surface area contributed by atoms with Crippen LogP contribution in [0.2, 0.25) is 0 Å². The first-order chi connectivity index (χ1) is 7.54. The molecule has 3 N–H and O–H groups in total. The monoisotopic (exact) mass is 227 g/mol. The normalized spacial score (nSPS) is 10.1. The third-order valence-electron chi connectivity index (χ3n) is 1.92. The lowest BCUT2D eigenvalue weighted by molar-refractivity contribution is -0.389. The third-order valence-corrected chi connectivity index (χ3v) is 1.92. The predicted molar refractivity (Wildman–Crippen MR) is 55.7 cm³/mol. The van der Waals surface area contributed by atoms with Gasteiger partial charge in [-0.05, 0) is 11.8 Å². The fourth-order valence-corrected chi connectivity index (χ4v) is 1.15. The first-order valence-electron chi connectivity index (χ1n) is 4.70. The Morgan fingerprint density at radius 2 is 2.44 bits per heavy atom. The van der Waals surface area contributed by atoms with Gasteiger partial charge in [-0.1, -0.05) is 0 Å². The topological polar surface area (TPSA) is 116 Å². The van der Waals surface area contributed by atoms with Gasteiger partial charge in [-0.2, -0.15) is 4.68 Å². The van der Waals surface area contributed by atoms with Crippen molar-refractivity contribution in [2.75, 3.05) is 13.1 Å². The van der Waals surface area contributed by atoms with E-state index in [1.165, 1.54) is 10.7 Å². The van der Waals surface area contributed by atoms with Crippen LogP contribution in [0.15, 0.2) is 6.07 Å². The lowest BCUT2D eigenvalue weighted by Crippen LogP contribution is -2.32. The van der Waals surface area contributed by atoms with Gasteiger partial charge < -0.3 is 21.2 Å². The molecule has 0 aliphatic rings. The van der Waals surface area contributed by atoms with E-state index in [2.05, 4.69) is 10.4 Å². The summed E-state index contributed by atoms with van der Waals surface area (Å²) in [5, 5.41) is 16.7. The van der Waals surface area contributed by atoms with Gasteiger partial charge in [-0.15, -0.1) is 0 Å². The smallest absolute Gasteiger partial charge is 0.358 e. The van der Waals surface area contributed by atoms with Gasteiger partial charge in [0.2, 0.25) is 5.91 Å². The minimum absolute atomic E-state index is 0.0420. The van der Waals surface area contributed by atoms with E-state index in [9.17, 15) is 14.9 Å². The number of aromatic nitrogens is 2. The molecule has 1 aromatic rings. The van der Waals surface area contributed by atoms with Crippen molar-refractivity contribution in [1.29, 1.82) is 0 Å². The second-order valence-electron chi connectivity index (χ2n) is 3.20. The maximum atomic E-state index is 11.3. The molecule has 0 atom stereocenters. The molecule has 0 saturated carbocycles. The molecule has 8 heteroatoms. The summed E-state index contributed by atoms with van der Waals surface area (Å²) >= 11 is 0. The number of aryl methyl sites for hydroxylation is 1. The summed E-state index contributed by atoms with van der Waals surface area (Å²) in [6.45, 7) is 2.33. The van der Waals surface area contributed by atoms with Gasteiger partial charge in [-0.25, -0.2) is 0 Å². The van der Waals surface area contributed by atoms with Gasteiger partial charge in [-0.3, -0.25) is 4.79 Å². The van der Waals surface area contributed by atoms with Crippen molar-refractivity contribution in [2.24, 2.45) is 5.73 Å². The van der Waals surface area contributed by atoms with Gasteiger partial charge in [0, 0.05) is 13.1 Å². The van der Waals surface area contributed by atoms with Crippen molar-refractivity contribution in [3.63, 3.8) is 0 Å². The highest BCUT2D eigenvalue weighted by Crippen LogP contribution is 2.10. The average molecular weight is 227 g/mol. The van der Waals surface area contributed by atoms with Crippen LogP contribution in [0, 0.1) is 17.0 Å². The zero-order chi connectivity index (χ0) is 12.1. The van der Waals surface area contributed by atoms with Crippen molar-refractivity contribution >= 4 is 11.7 Å². The van der Waals surface area contributed by atoms with Crippen molar-refractivity contribution < 1.29 is 9.72 Å². The molecule has 0 saturated heterocycles. The van der Waals surface area contributed by atoms with Crippen LogP contribution in [0.5, 0.6) is 0 Å². The van der Waals surface area contributed by atoms with Gasteiger partial charge in [0.1, 0.15) is 6.54 Å². The Kier molecular flexibility index (Phi) is 3.95. The molecule has 1 amide bonds. The highest BCUT2D eigenvalue weighted by Gasteiger charge is 2.16. The van der Waals surface area contributed by atoms with Crippen LogP contribution in [0.3, 0.4) is 0 Å². The number of hydrogen-bond acceptors (Lipinski definition) is 5. The van der Waals surface area contributed by atoms with E-state index in [1.54, 1.807) is 6.92 Å². The molecule has 0 aliphatic carbocycles. The second-order valence-corrected chi connectivity index (χ2v) is 3.20. The van der Waals surface area contributed by atoms with E-state index in [0.29, 0.717) is 18.8 Å². The van der Waals surface area contributed by atoms with Crippen LogP contribution in [0.4, 0.5) is 5.82 Å². The molecular formula is C8H13N5O3. The Morgan fingerprint density at radius 3 is 2.94 bits per heavy atom. The number of nitrogens with one attached hydrogen (secondary N) is 1. The van der Waals surface area contributed by atoms with Crippen LogP contribution >= 0.6 is 0 Å². The highest BCUT2D eigenvalue weighted by molar-refractivity contribution is 5.75. The fraction of sp³-hybridized carbons (Fsp3) is 0.500. The summed E-state index contributed by atoms with van der Waals surface area (Å²) in [5.41, 5.74) is 5.78. The molecule has 0 unspecified atom stereocenters. The molecule has 0 aliphatic heterocycles. The van der Waals surface area contributed by atoms with Crippen LogP contribution in [0.1, 0.15) is 5.69 Å². The van der Waals surface area contributed by atoms with E-state index in [4.69, 9.17) is 5.73 Å². The van der Waals surface area contributed by atoms with Crippen LogP contribution in [-0.2, 0) is 11.3 Å². The maximum Gasteiger partial charge on any atom is 0.390 e. The molecule has 88 valence electrons. The van der Waals surface area contributed by atoms with Crippen molar-refractivity contribution in [1.82, 2.24) is 15.1 Å². The summed E-state index contributed by atoms with van der Waals surface area (Å²) in [7, 11) is 0. The van der Waals surface area contributed by atoms with E-state index < -0.39 is 4.92 Å². The van der Waals surface area contributed by atoms with E-state index in [-0.39, 0.29) is 18.3 Å². The van der Waals surface area contributed by atoms with Gasteiger partial charge in [0.25, 0.3) is 0 Å². The van der Waals surface area contributed by atoms with Crippen molar-refractivity contribution in [3.05, 3.63) is 21.9 Å². The number of hydrogen-bond donors (Lipinski definition) is 2. The Hall–Kier alpha value is -1.96. The number of carbonyl (C=O) groups is 1. The molecule has 0 bridgehead atoms. The molecule has 0 radical (unpaired) electrons. The molecule has 0 aromatic carbocycles. The fourth-order valence-electron chi connectivity index (χ4n) is 1.15. The number of nitrogens with two attached hydrogens (primary N) is 1. The number of nitro groups is 1. The second kappa shape index (κ2) is 5.21. The number of nitrogens with zero attached hydrogens (tertiary/aromatic N) is 3. The van der Waals surface area contributed by atoms with Crippen molar-refractivity contribution in [2.45, 2.75) is 13.5 Å². The van der Waals surface area contributed by atoms with Crippen LogP contribution in [0.25, 0.3) is 0 Å². The van der Waals surface area contributed by atoms with Gasteiger partial charge in [0.05, 0.1) is 16.9 Å². The minimum Gasteiger partial charge on any atom is -0.358 e. The summed E-state index contributed by atoms with van der Waals surface area (Å²) in [6, 6.07) is 1.32. The molecule has 1 rings (SSSR count). The van der Waals surface area contributed by atoms with Crippen LogP contribution < -0.4 is 11.1 Å². The largest absolute Gasteiger partial charge is 0.390 e.